The lowest BCUT2D eigenvalue weighted by Gasteiger charge is -2.27. The number of hydrogen-bond acceptors (Lipinski definition) is 5. The topological polar surface area (TPSA) is 98.0 Å². The second kappa shape index (κ2) is 8.19. The fourth-order valence-corrected chi connectivity index (χ4v) is 2.61. The van der Waals surface area contributed by atoms with Crippen LogP contribution in [0.3, 0.4) is 0 Å². The lowest BCUT2D eigenvalue weighted by Crippen LogP contribution is -2.45. The Balaban J connectivity index is 1.53. The van der Waals surface area contributed by atoms with E-state index in [1.54, 1.807) is 25.2 Å². The molecule has 0 aliphatic carbocycles. The maximum absolute atomic E-state index is 11.1. The summed E-state index contributed by atoms with van der Waals surface area (Å²) in [6.45, 7) is 1.22. The highest BCUT2D eigenvalue weighted by molar-refractivity contribution is 5.79. The number of hydrogen-bond donors (Lipinski definition) is 2. The zero-order chi connectivity index (χ0) is 18.4. The van der Waals surface area contributed by atoms with Gasteiger partial charge in [0.25, 0.3) is 5.69 Å². The molecule has 0 saturated heterocycles. The van der Waals surface area contributed by atoms with E-state index < -0.39 is 4.92 Å². The van der Waals surface area contributed by atoms with Gasteiger partial charge in [0, 0.05) is 25.2 Å². The van der Waals surface area contributed by atoms with Crippen molar-refractivity contribution in [3.05, 3.63) is 64.2 Å². The molecule has 0 bridgehead atoms. The summed E-state index contributed by atoms with van der Waals surface area (Å²) in [5.74, 6) is 1.99. The monoisotopic (exact) mass is 356 g/mol. The van der Waals surface area contributed by atoms with Crippen LogP contribution in [0.4, 0.5) is 5.69 Å². The van der Waals surface area contributed by atoms with Crippen LogP contribution in [-0.2, 0) is 6.54 Å². The van der Waals surface area contributed by atoms with E-state index >= 15 is 0 Å². The number of guanidine groups is 1. The molecule has 0 aromatic heterocycles. The van der Waals surface area contributed by atoms with Crippen molar-refractivity contribution in [3.8, 4) is 11.5 Å². The van der Waals surface area contributed by atoms with E-state index in [-0.39, 0.29) is 11.8 Å². The summed E-state index contributed by atoms with van der Waals surface area (Å²) < 4.78 is 11.6. The highest BCUT2D eigenvalue weighted by Crippen LogP contribution is 2.30. The molecular formula is C18H20N4O4. The van der Waals surface area contributed by atoms with Crippen molar-refractivity contribution in [2.45, 2.75) is 12.6 Å². The van der Waals surface area contributed by atoms with Gasteiger partial charge in [-0.1, -0.05) is 30.3 Å². The first kappa shape index (κ1) is 17.5. The highest BCUT2D eigenvalue weighted by atomic mass is 16.6. The van der Waals surface area contributed by atoms with Gasteiger partial charge in [-0.3, -0.25) is 15.1 Å². The number of aliphatic imine (C=N–C) groups is 1. The first-order chi connectivity index (χ1) is 12.7. The van der Waals surface area contributed by atoms with Gasteiger partial charge in [0.2, 0.25) is 0 Å². The number of ether oxygens (including phenoxy) is 2. The van der Waals surface area contributed by atoms with Crippen LogP contribution in [0, 0.1) is 10.1 Å². The molecule has 0 fully saturated rings. The molecule has 2 N–H and O–H groups in total. The van der Waals surface area contributed by atoms with Crippen LogP contribution in [0.25, 0.3) is 0 Å². The highest BCUT2D eigenvalue weighted by Gasteiger charge is 2.20. The van der Waals surface area contributed by atoms with E-state index in [9.17, 15) is 10.1 Å². The minimum atomic E-state index is -0.391. The summed E-state index contributed by atoms with van der Waals surface area (Å²) in [6, 6.07) is 14.1. The van der Waals surface area contributed by atoms with Crippen molar-refractivity contribution in [1.82, 2.24) is 10.6 Å². The summed E-state index contributed by atoms with van der Waals surface area (Å²) in [4.78, 5) is 14.8. The third-order valence-corrected chi connectivity index (χ3v) is 3.92. The van der Waals surface area contributed by atoms with E-state index in [0.29, 0.717) is 37.0 Å². The minimum Gasteiger partial charge on any atom is -0.486 e. The zero-order valence-corrected chi connectivity index (χ0v) is 14.3. The van der Waals surface area contributed by atoms with Crippen molar-refractivity contribution in [1.29, 1.82) is 0 Å². The number of nitro groups is 1. The van der Waals surface area contributed by atoms with Crippen LogP contribution in [0.2, 0.25) is 0 Å². The maximum Gasteiger partial charge on any atom is 0.274 e. The first-order valence-electron chi connectivity index (χ1n) is 8.22. The predicted octanol–water partition coefficient (Wildman–Crippen LogP) is 2.10. The van der Waals surface area contributed by atoms with Gasteiger partial charge in [0.15, 0.2) is 17.5 Å². The van der Waals surface area contributed by atoms with Gasteiger partial charge in [-0.2, -0.15) is 0 Å². The second-order valence-electron chi connectivity index (χ2n) is 5.69. The van der Waals surface area contributed by atoms with Gasteiger partial charge in [0.05, 0.1) is 11.5 Å². The average Bonchev–Trinajstić information content (AvgIpc) is 2.68. The molecule has 1 aliphatic heterocycles. The third-order valence-electron chi connectivity index (χ3n) is 3.92. The predicted molar refractivity (Wildman–Crippen MR) is 97.7 cm³/mol. The largest absolute Gasteiger partial charge is 0.486 e. The second-order valence-corrected chi connectivity index (χ2v) is 5.69. The average molecular weight is 356 g/mol. The summed E-state index contributed by atoms with van der Waals surface area (Å²) >= 11 is 0. The third kappa shape index (κ3) is 4.21. The summed E-state index contributed by atoms with van der Waals surface area (Å²) in [6.07, 6.45) is -0.158. The van der Waals surface area contributed by atoms with Gasteiger partial charge in [0.1, 0.15) is 12.7 Å². The van der Waals surface area contributed by atoms with Crippen molar-refractivity contribution in [3.63, 3.8) is 0 Å². The van der Waals surface area contributed by atoms with Crippen LogP contribution in [0.1, 0.15) is 5.56 Å². The molecule has 1 heterocycles. The number of nitro benzene ring substituents is 1. The molecule has 1 aliphatic rings. The quantitative estimate of drug-likeness (QED) is 0.368. The Morgan fingerprint density at radius 2 is 1.92 bits per heavy atom. The van der Waals surface area contributed by atoms with Crippen molar-refractivity contribution in [2.75, 3.05) is 20.2 Å². The molecule has 0 saturated carbocycles. The van der Waals surface area contributed by atoms with Crippen LogP contribution < -0.4 is 20.1 Å². The van der Waals surface area contributed by atoms with E-state index in [0.717, 1.165) is 5.75 Å². The molecule has 1 atom stereocenters. The molecule has 8 nitrogen and oxygen atoms in total. The molecule has 2 aromatic rings. The lowest BCUT2D eigenvalue weighted by molar-refractivity contribution is -0.385. The normalized spacial score (nSPS) is 16.0. The Hall–Kier alpha value is -3.29. The van der Waals surface area contributed by atoms with Gasteiger partial charge >= 0.3 is 0 Å². The first-order valence-corrected chi connectivity index (χ1v) is 8.22. The van der Waals surface area contributed by atoms with Crippen LogP contribution in [0.5, 0.6) is 11.5 Å². The van der Waals surface area contributed by atoms with Gasteiger partial charge in [-0.25, -0.2) is 0 Å². The molecule has 8 heteroatoms. The van der Waals surface area contributed by atoms with Gasteiger partial charge in [-0.15, -0.1) is 0 Å². The van der Waals surface area contributed by atoms with E-state index in [1.165, 1.54) is 6.07 Å². The Morgan fingerprint density at radius 3 is 2.69 bits per heavy atom. The standard InChI is InChI=1S/C18H20N4O4/c1-19-18(20-10-13-6-2-3-7-15(13)22(23)24)21-11-14-12-25-16-8-4-5-9-17(16)26-14/h2-9,14H,10-12H2,1H3,(H2,19,20,21). The number of para-hydroxylation sites is 3. The molecule has 0 radical (unpaired) electrons. The van der Waals surface area contributed by atoms with Gasteiger partial charge in [-0.05, 0) is 12.1 Å². The molecular weight excluding hydrogens is 336 g/mol. The maximum atomic E-state index is 11.1. The molecule has 26 heavy (non-hydrogen) atoms. The number of rotatable bonds is 5. The number of fused-ring (bicyclic) bond motifs is 1. The van der Waals surface area contributed by atoms with Crippen molar-refractivity contribution in [2.24, 2.45) is 4.99 Å². The number of nitrogens with zero attached hydrogens (tertiary/aromatic N) is 2. The molecule has 1 unspecified atom stereocenters. The molecule has 136 valence electrons. The van der Waals surface area contributed by atoms with E-state index in [4.69, 9.17) is 9.47 Å². The van der Waals surface area contributed by atoms with E-state index in [2.05, 4.69) is 15.6 Å². The fourth-order valence-electron chi connectivity index (χ4n) is 2.61. The Morgan fingerprint density at radius 1 is 1.19 bits per heavy atom. The van der Waals surface area contributed by atoms with Crippen LogP contribution >= 0.6 is 0 Å². The van der Waals surface area contributed by atoms with Crippen molar-refractivity contribution >= 4 is 11.6 Å². The fraction of sp³-hybridized carbons (Fsp3) is 0.278. The molecule has 3 rings (SSSR count). The summed E-state index contributed by atoms with van der Waals surface area (Å²) in [7, 11) is 1.64. The Labute approximate surface area is 151 Å². The van der Waals surface area contributed by atoms with Crippen LogP contribution in [-0.4, -0.2) is 37.2 Å². The lowest BCUT2D eigenvalue weighted by atomic mass is 10.2. The van der Waals surface area contributed by atoms with Crippen molar-refractivity contribution < 1.29 is 14.4 Å². The Bertz CT molecular complexity index is 809. The number of nitrogens with one attached hydrogen (secondary N) is 2. The minimum absolute atomic E-state index is 0.0797. The summed E-state index contributed by atoms with van der Waals surface area (Å²) in [5.41, 5.74) is 0.669. The Kier molecular flexibility index (Phi) is 5.52. The van der Waals surface area contributed by atoms with E-state index in [1.807, 2.05) is 24.3 Å². The smallest absolute Gasteiger partial charge is 0.274 e. The van der Waals surface area contributed by atoms with Gasteiger partial charge < -0.3 is 20.1 Å². The number of benzene rings is 2. The molecule has 0 spiro atoms. The SMILES string of the molecule is CN=C(NCc1ccccc1[N+](=O)[O-])NCC1COc2ccccc2O1. The molecule has 2 aromatic carbocycles. The zero-order valence-electron chi connectivity index (χ0n) is 14.3. The summed E-state index contributed by atoms with van der Waals surface area (Å²) in [5, 5.41) is 17.3. The van der Waals surface area contributed by atoms with Crippen LogP contribution in [0.15, 0.2) is 53.5 Å². The molecule has 0 amide bonds.